The third-order valence-electron chi connectivity index (χ3n) is 6.40. The van der Waals surface area contributed by atoms with E-state index in [-0.39, 0.29) is 5.41 Å². The zero-order chi connectivity index (χ0) is 24.4. The lowest BCUT2D eigenvalue weighted by atomic mass is 9.82. The fraction of sp³-hybridized carbons (Fsp3) is 0.129. The van der Waals surface area contributed by atoms with Crippen LogP contribution < -0.4 is 0 Å². The highest BCUT2D eigenvalue weighted by atomic mass is 35.5. The quantitative estimate of drug-likeness (QED) is 0.265. The minimum atomic E-state index is -0.0895. The smallest absolute Gasteiger partial charge is 0.163 e. The van der Waals surface area contributed by atoms with Crippen molar-refractivity contribution in [3.63, 3.8) is 0 Å². The molecule has 0 atom stereocenters. The summed E-state index contributed by atoms with van der Waals surface area (Å²) in [5.41, 5.74) is 6.97. The van der Waals surface area contributed by atoms with Gasteiger partial charge in [0.2, 0.25) is 0 Å². The van der Waals surface area contributed by atoms with E-state index in [0.29, 0.717) is 28.9 Å². The summed E-state index contributed by atoms with van der Waals surface area (Å²) in [6, 6.07) is 22.8. The van der Waals surface area contributed by atoms with Gasteiger partial charge in [-0.15, -0.1) is 0 Å². The minimum absolute atomic E-state index is 0.0895. The first-order chi connectivity index (χ1) is 17.0. The number of hydrogen-bond donors (Lipinski definition) is 0. The molecular formula is C31H26ClN3. The highest BCUT2D eigenvalue weighted by Crippen LogP contribution is 2.49. The van der Waals surface area contributed by atoms with Crippen LogP contribution in [-0.2, 0) is 11.8 Å². The topological polar surface area (TPSA) is 38.7 Å². The molecule has 0 aliphatic heterocycles. The molecule has 3 aromatic carbocycles. The molecule has 0 amide bonds. The SMILES string of the molecule is C=C/C=C\C=C/Cc1nc(-c2cccc(Cl)c2)nc(-c2ccc3c(c2)C(C)(C)c2ccccc2-3)n1. The maximum atomic E-state index is 6.26. The van der Waals surface area contributed by atoms with Gasteiger partial charge in [0.25, 0.3) is 0 Å². The van der Waals surface area contributed by atoms with Gasteiger partial charge in [0.1, 0.15) is 5.82 Å². The van der Waals surface area contributed by atoms with Crippen molar-refractivity contribution in [3.05, 3.63) is 126 Å². The summed E-state index contributed by atoms with van der Waals surface area (Å²) in [4.78, 5) is 14.4. The normalized spacial score (nSPS) is 13.8. The van der Waals surface area contributed by atoms with Crippen LogP contribution in [0.15, 0.2) is 104 Å². The molecule has 0 saturated carbocycles. The Labute approximate surface area is 211 Å². The fourth-order valence-electron chi connectivity index (χ4n) is 4.63. The van der Waals surface area contributed by atoms with Gasteiger partial charge in [-0.05, 0) is 40.5 Å². The molecule has 1 aromatic heterocycles. The van der Waals surface area contributed by atoms with E-state index in [1.807, 2.05) is 48.6 Å². The average molecular weight is 476 g/mol. The second-order valence-electron chi connectivity index (χ2n) is 9.09. The van der Waals surface area contributed by atoms with Crippen LogP contribution in [0.2, 0.25) is 5.02 Å². The van der Waals surface area contributed by atoms with Crippen LogP contribution in [0.3, 0.4) is 0 Å². The Balaban J connectivity index is 1.60. The van der Waals surface area contributed by atoms with E-state index in [9.17, 15) is 0 Å². The number of halogens is 1. The summed E-state index contributed by atoms with van der Waals surface area (Å²) in [6.07, 6.45) is 10.2. The molecule has 4 aromatic rings. The number of rotatable bonds is 6. The molecule has 0 N–H and O–H groups in total. The molecule has 172 valence electrons. The largest absolute Gasteiger partial charge is 0.213 e. The van der Waals surface area contributed by atoms with Gasteiger partial charge in [-0.3, -0.25) is 0 Å². The Morgan fingerprint density at radius 3 is 2.29 bits per heavy atom. The number of fused-ring (bicyclic) bond motifs is 3. The zero-order valence-corrected chi connectivity index (χ0v) is 20.6. The maximum absolute atomic E-state index is 6.26. The van der Waals surface area contributed by atoms with E-state index in [1.54, 1.807) is 6.08 Å². The third-order valence-corrected chi connectivity index (χ3v) is 6.64. The van der Waals surface area contributed by atoms with Gasteiger partial charge in [-0.2, -0.15) is 0 Å². The Kier molecular flexibility index (Phi) is 6.19. The summed E-state index contributed by atoms with van der Waals surface area (Å²) < 4.78 is 0. The molecule has 0 saturated heterocycles. The molecule has 5 rings (SSSR count). The van der Waals surface area contributed by atoms with Gasteiger partial charge in [0, 0.05) is 28.0 Å². The lowest BCUT2D eigenvalue weighted by Crippen LogP contribution is -2.15. The molecule has 0 radical (unpaired) electrons. The number of allylic oxidation sites excluding steroid dienone is 5. The van der Waals surface area contributed by atoms with E-state index < -0.39 is 0 Å². The molecule has 1 aliphatic rings. The van der Waals surface area contributed by atoms with E-state index in [2.05, 4.69) is 62.9 Å². The molecule has 0 bridgehead atoms. The molecule has 1 heterocycles. The van der Waals surface area contributed by atoms with Crippen LogP contribution in [-0.4, -0.2) is 15.0 Å². The second kappa shape index (κ2) is 9.44. The number of aromatic nitrogens is 3. The van der Waals surface area contributed by atoms with Gasteiger partial charge in [-0.25, -0.2) is 15.0 Å². The van der Waals surface area contributed by atoms with Crippen molar-refractivity contribution < 1.29 is 0 Å². The van der Waals surface area contributed by atoms with Crippen LogP contribution in [0.5, 0.6) is 0 Å². The third kappa shape index (κ3) is 4.48. The standard InChI is InChI=1S/C31H26ClN3/c1-4-5-6-7-8-16-28-33-29(21-12-11-13-23(32)19-21)35-30(34-28)22-17-18-25-24-14-9-10-15-26(24)31(2,3)27(25)20-22/h4-15,17-20H,1,16H2,2-3H3/b6-5-,8-7-. The number of hydrogen-bond acceptors (Lipinski definition) is 3. The van der Waals surface area contributed by atoms with Gasteiger partial charge >= 0.3 is 0 Å². The van der Waals surface area contributed by atoms with Crippen LogP contribution in [0.4, 0.5) is 0 Å². The lowest BCUT2D eigenvalue weighted by molar-refractivity contribution is 0.660. The number of benzene rings is 3. The van der Waals surface area contributed by atoms with Crippen molar-refractivity contribution in [1.29, 1.82) is 0 Å². The maximum Gasteiger partial charge on any atom is 0.163 e. The first-order valence-electron chi connectivity index (χ1n) is 11.7. The summed E-state index contributed by atoms with van der Waals surface area (Å²) >= 11 is 6.26. The lowest BCUT2D eigenvalue weighted by Gasteiger charge is -2.21. The second-order valence-corrected chi connectivity index (χ2v) is 9.53. The van der Waals surface area contributed by atoms with Crippen molar-refractivity contribution in [3.8, 4) is 33.9 Å². The van der Waals surface area contributed by atoms with E-state index in [0.717, 1.165) is 11.1 Å². The average Bonchev–Trinajstić information content (AvgIpc) is 3.10. The van der Waals surface area contributed by atoms with E-state index in [4.69, 9.17) is 26.6 Å². The minimum Gasteiger partial charge on any atom is -0.213 e. The summed E-state index contributed by atoms with van der Waals surface area (Å²) in [5, 5.41) is 0.650. The van der Waals surface area contributed by atoms with Crippen LogP contribution in [0.1, 0.15) is 30.8 Å². The molecule has 0 spiro atoms. The predicted octanol–water partition coefficient (Wildman–Crippen LogP) is 8.01. The summed E-state index contributed by atoms with van der Waals surface area (Å²) in [6.45, 7) is 8.25. The Morgan fingerprint density at radius 1 is 0.771 bits per heavy atom. The van der Waals surface area contributed by atoms with Crippen LogP contribution in [0.25, 0.3) is 33.9 Å². The monoisotopic (exact) mass is 475 g/mol. The van der Waals surface area contributed by atoms with Crippen molar-refractivity contribution in [1.82, 2.24) is 15.0 Å². The highest BCUT2D eigenvalue weighted by molar-refractivity contribution is 6.30. The van der Waals surface area contributed by atoms with E-state index in [1.165, 1.54) is 22.3 Å². The van der Waals surface area contributed by atoms with Gasteiger partial charge in [0.15, 0.2) is 11.6 Å². The Bertz CT molecular complexity index is 1480. The summed E-state index contributed by atoms with van der Waals surface area (Å²) in [7, 11) is 0. The first-order valence-corrected chi connectivity index (χ1v) is 12.0. The predicted molar refractivity (Wildman–Crippen MR) is 145 cm³/mol. The molecule has 0 unspecified atom stereocenters. The molecule has 1 aliphatic carbocycles. The molecular weight excluding hydrogens is 450 g/mol. The molecule has 0 fully saturated rings. The van der Waals surface area contributed by atoms with Crippen LogP contribution in [0, 0.1) is 0 Å². The van der Waals surface area contributed by atoms with Crippen molar-refractivity contribution in [2.75, 3.05) is 0 Å². The number of nitrogens with zero attached hydrogens (tertiary/aromatic N) is 3. The fourth-order valence-corrected chi connectivity index (χ4v) is 4.83. The molecule has 35 heavy (non-hydrogen) atoms. The van der Waals surface area contributed by atoms with E-state index >= 15 is 0 Å². The molecule has 4 heteroatoms. The van der Waals surface area contributed by atoms with Gasteiger partial charge in [-0.1, -0.05) is 111 Å². The van der Waals surface area contributed by atoms with Crippen molar-refractivity contribution in [2.45, 2.75) is 25.7 Å². The van der Waals surface area contributed by atoms with Crippen molar-refractivity contribution >= 4 is 11.6 Å². The van der Waals surface area contributed by atoms with Gasteiger partial charge < -0.3 is 0 Å². The Hall–Kier alpha value is -3.82. The highest BCUT2D eigenvalue weighted by Gasteiger charge is 2.35. The molecule has 3 nitrogen and oxygen atoms in total. The first kappa shape index (κ1) is 22.9. The van der Waals surface area contributed by atoms with Gasteiger partial charge in [0.05, 0.1) is 0 Å². The van der Waals surface area contributed by atoms with Crippen molar-refractivity contribution in [2.24, 2.45) is 0 Å². The van der Waals surface area contributed by atoms with Crippen LogP contribution >= 0.6 is 11.6 Å². The Morgan fingerprint density at radius 2 is 1.51 bits per heavy atom. The summed E-state index contributed by atoms with van der Waals surface area (Å²) in [5.74, 6) is 1.98. The zero-order valence-electron chi connectivity index (χ0n) is 19.9.